The summed E-state index contributed by atoms with van der Waals surface area (Å²) in [5.41, 5.74) is 2.29. The zero-order valence-electron chi connectivity index (χ0n) is 11.8. The summed E-state index contributed by atoms with van der Waals surface area (Å²) in [7, 11) is 1.64. The van der Waals surface area contributed by atoms with Gasteiger partial charge >= 0.3 is 0 Å². The van der Waals surface area contributed by atoms with Gasteiger partial charge < -0.3 is 9.47 Å². The molecule has 2 aromatic carbocycles. The van der Waals surface area contributed by atoms with Crippen LogP contribution >= 0.6 is 0 Å². The maximum atomic E-state index is 12.3. The second-order valence-corrected chi connectivity index (χ2v) is 4.48. The first-order valence-electron chi connectivity index (χ1n) is 6.53. The lowest BCUT2D eigenvalue weighted by atomic mass is 10.0. The highest BCUT2D eigenvalue weighted by molar-refractivity contribution is 6.09. The fraction of sp³-hybridized carbons (Fsp3) is 0.167. The summed E-state index contributed by atoms with van der Waals surface area (Å²) in [5, 5.41) is 0. The van der Waals surface area contributed by atoms with Crippen LogP contribution in [0.2, 0.25) is 0 Å². The highest BCUT2D eigenvalue weighted by atomic mass is 16.5. The normalized spacial score (nSPS) is 9.90. The number of ketones is 1. The monoisotopic (exact) mass is 280 g/mol. The third-order valence-corrected chi connectivity index (χ3v) is 2.97. The number of methoxy groups -OCH3 is 1. The van der Waals surface area contributed by atoms with Gasteiger partial charge in [0, 0.05) is 18.2 Å². The van der Waals surface area contributed by atoms with E-state index in [1.165, 1.54) is 0 Å². The van der Waals surface area contributed by atoms with E-state index in [1.807, 2.05) is 12.1 Å². The number of carbonyl (C=O) groups excluding carboxylic acids is 1. The van der Waals surface area contributed by atoms with Crippen molar-refractivity contribution in [3.05, 3.63) is 65.2 Å². The summed E-state index contributed by atoms with van der Waals surface area (Å²) in [5.74, 6) is 3.02. The lowest BCUT2D eigenvalue weighted by Crippen LogP contribution is -2.02. The fourth-order valence-corrected chi connectivity index (χ4v) is 1.91. The number of hydrogen-bond acceptors (Lipinski definition) is 3. The quantitative estimate of drug-likeness (QED) is 0.602. The van der Waals surface area contributed by atoms with Crippen molar-refractivity contribution in [3.63, 3.8) is 0 Å². The van der Waals surface area contributed by atoms with Crippen LogP contribution in [0.5, 0.6) is 5.75 Å². The van der Waals surface area contributed by atoms with Crippen molar-refractivity contribution < 1.29 is 14.3 Å². The van der Waals surface area contributed by atoms with E-state index < -0.39 is 0 Å². The average molecular weight is 280 g/mol. The Kier molecular flexibility index (Phi) is 5.14. The highest BCUT2D eigenvalue weighted by Crippen LogP contribution is 2.16. The van der Waals surface area contributed by atoms with E-state index in [2.05, 4.69) is 5.92 Å². The van der Waals surface area contributed by atoms with Crippen LogP contribution in [0.3, 0.4) is 0 Å². The van der Waals surface area contributed by atoms with E-state index in [1.54, 1.807) is 43.5 Å². The molecule has 2 aromatic rings. The number of terminal acetylenes is 1. The van der Waals surface area contributed by atoms with Crippen LogP contribution in [-0.4, -0.2) is 19.5 Å². The molecule has 0 radical (unpaired) electrons. The van der Waals surface area contributed by atoms with Crippen molar-refractivity contribution in [1.82, 2.24) is 0 Å². The van der Waals surface area contributed by atoms with Gasteiger partial charge in [-0.05, 0) is 29.8 Å². The van der Waals surface area contributed by atoms with Crippen LogP contribution in [0.1, 0.15) is 21.5 Å². The summed E-state index contributed by atoms with van der Waals surface area (Å²) in [6, 6.07) is 14.3. The number of hydrogen-bond donors (Lipinski definition) is 0. The molecule has 0 saturated heterocycles. The highest BCUT2D eigenvalue weighted by Gasteiger charge is 2.09. The van der Waals surface area contributed by atoms with E-state index in [4.69, 9.17) is 15.9 Å². The zero-order chi connectivity index (χ0) is 15.1. The Hall–Kier alpha value is -2.57. The molecule has 0 amide bonds. The molecule has 0 saturated carbocycles. The van der Waals surface area contributed by atoms with Crippen LogP contribution in [-0.2, 0) is 11.3 Å². The summed E-state index contributed by atoms with van der Waals surface area (Å²) in [6.07, 6.45) is 5.13. The van der Waals surface area contributed by atoms with Gasteiger partial charge in [-0.15, -0.1) is 6.42 Å². The molecule has 0 fully saturated rings. The minimum Gasteiger partial charge on any atom is -0.481 e. The average Bonchev–Trinajstić information content (AvgIpc) is 2.54. The maximum Gasteiger partial charge on any atom is 0.193 e. The van der Waals surface area contributed by atoms with Gasteiger partial charge in [0.15, 0.2) is 5.78 Å². The maximum absolute atomic E-state index is 12.3. The Morgan fingerprint density at radius 3 is 2.14 bits per heavy atom. The Labute approximate surface area is 124 Å². The van der Waals surface area contributed by atoms with Crippen molar-refractivity contribution in [2.24, 2.45) is 0 Å². The van der Waals surface area contributed by atoms with Crippen LogP contribution in [0.4, 0.5) is 0 Å². The first kappa shape index (κ1) is 14.8. The molecule has 3 heteroatoms. The largest absolute Gasteiger partial charge is 0.481 e. The number of carbonyl (C=O) groups is 1. The van der Waals surface area contributed by atoms with Crippen molar-refractivity contribution >= 4 is 5.78 Å². The molecule has 0 N–H and O–H groups in total. The summed E-state index contributed by atoms with van der Waals surface area (Å²) >= 11 is 0. The second-order valence-electron chi connectivity index (χ2n) is 4.48. The van der Waals surface area contributed by atoms with Gasteiger partial charge in [0.1, 0.15) is 12.4 Å². The fourth-order valence-electron chi connectivity index (χ4n) is 1.91. The first-order chi connectivity index (χ1) is 10.2. The molecular weight excluding hydrogens is 264 g/mol. The van der Waals surface area contributed by atoms with Gasteiger partial charge in [0.25, 0.3) is 0 Å². The minimum absolute atomic E-state index is 0.0255. The Bertz CT molecular complexity index is 634. The second kappa shape index (κ2) is 7.28. The summed E-state index contributed by atoms with van der Waals surface area (Å²) in [4.78, 5) is 12.3. The number of rotatable bonds is 6. The third-order valence-electron chi connectivity index (χ3n) is 2.97. The van der Waals surface area contributed by atoms with Gasteiger partial charge in [-0.25, -0.2) is 0 Å². The predicted octanol–water partition coefficient (Wildman–Crippen LogP) is 3.08. The molecule has 0 aliphatic heterocycles. The number of benzene rings is 2. The molecule has 0 bridgehead atoms. The molecule has 0 aliphatic rings. The van der Waals surface area contributed by atoms with Crippen molar-refractivity contribution in [2.75, 3.05) is 13.7 Å². The molecule has 0 aromatic heterocycles. The molecule has 0 atom stereocenters. The van der Waals surface area contributed by atoms with E-state index in [0.717, 1.165) is 5.56 Å². The van der Waals surface area contributed by atoms with Crippen LogP contribution in [0, 0.1) is 12.3 Å². The topological polar surface area (TPSA) is 35.5 Å². The SMILES string of the molecule is C#CCOc1ccc(C(=O)c2ccc(COC)cc2)cc1. The van der Waals surface area contributed by atoms with Gasteiger partial charge in [-0.3, -0.25) is 4.79 Å². The first-order valence-corrected chi connectivity index (χ1v) is 6.53. The van der Waals surface area contributed by atoms with Gasteiger partial charge in [-0.2, -0.15) is 0 Å². The summed E-state index contributed by atoms with van der Waals surface area (Å²) in [6.45, 7) is 0.754. The Balaban J connectivity index is 2.10. The van der Waals surface area contributed by atoms with Gasteiger partial charge in [0.2, 0.25) is 0 Å². The standard InChI is InChI=1S/C18H16O3/c1-3-12-21-17-10-8-16(9-11-17)18(19)15-6-4-14(5-7-15)13-20-2/h1,4-11H,12-13H2,2H3. The van der Waals surface area contributed by atoms with E-state index in [-0.39, 0.29) is 12.4 Å². The minimum atomic E-state index is -0.0255. The smallest absolute Gasteiger partial charge is 0.193 e. The number of ether oxygens (including phenoxy) is 2. The van der Waals surface area contributed by atoms with Crippen molar-refractivity contribution in [2.45, 2.75) is 6.61 Å². The van der Waals surface area contributed by atoms with E-state index >= 15 is 0 Å². The van der Waals surface area contributed by atoms with Crippen LogP contribution in [0.25, 0.3) is 0 Å². The molecule has 21 heavy (non-hydrogen) atoms. The Morgan fingerprint density at radius 2 is 1.62 bits per heavy atom. The van der Waals surface area contributed by atoms with E-state index in [0.29, 0.717) is 23.5 Å². The lowest BCUT2D eigenvalue weighted by molar-refractivity contribution is 0.103. The molecule has 0 heterocycles. The van der Waals surface area contributed by atoms with Crippen molar-refractivity contribution in [1.29, 1.82) is 0 Å². The molecule has 3 nitrogen and oxygen atoms in total. The zero-order valence-corrected chi connectivity index (χ0v) is 11.8. The van der Waals surface area contributed by atoms with Gasteiger partial charge in [0.05, 0.1) is 6.61 Å². The Morgan fingerprint density at radius 1 is 1.05 bits per heavy atom. The molecule has 0 aliphatic carbocycles. The summed E-state index contributed by atoms with van der Waals surface area (Å²) < 4.78 is 10.3. The lowest BCUT2D eigenvalue weighted by Gasteiger charge is -2.05. The third kappa shape index (κ3) is 3.95. The molecule has 106 valence electrons. The molecule has 0 spiro atoms. The molecule has 2 rings (SSSR count). The molecule has 0 unspecified atom stereocenters. The predicted molar refractivity (Wildman–Crippen MR) is 81.4 cm³/mol. The van der Waals surface area contributed by atoms with Crippen LogP contribution < -0.4 is 4.74 Å². The van der Waals surface area contributed by atoms with Crippen molar-refractivity contribution in [3.8, 4) is 18.1 Å². The van der Waals surface area contributed by atoms with E-state index in [9.17, 15) is 4.79 Å². The van der Waals surface area contributed by atoms with Crippen LogP contribution in [0.15, 0.2) is 48.5 Å². The van der Waals surface area contributed by atoms with Gasteiger partial charge in [-0.1, -0.05) is 30.2 Å². The molecular formula is C18H16O3.